The molecule has 0 aromatic carbocycles. The van der Waals surface area contributed by atoms with Crippen molar-refractivity contribution in [3.63, 3.8) is 0 Å². The van der Waals surface area contributed by atoms with Gasteiger partial charge in [-0.1, -0.05) is 12.2 Å². The van der Waals surface area contributed by atoms with Gasteiger partial charge in [-0.25, -0.2) is 4.79 Å². The molecule has 1 aliphatic carbocycles. The van der Waals surface area contributed by atoms with Crippen molar-refractivity contribution >= 4 is 17.8 Å². The van der Waals surface area contributed by atoms with Crippen LogP contribution in [0.5, 0.6) is 0 Å². The standard InChI is InChI=1S/C14H19NO5/c1-20-14(19)11-7-4-8-15(11)12(16)9-5-2-3-6-10(9)13(17)18/h2-3,9-11H,4-8H2,1H3,(H,17,18)/t9-,10+,11?/m1/s1. The Morgan fingerprint density at radius 1 is 1.20 bits per heavy atom. The Labute approximate surface area is 117 Å². The Kier molecular flexibility index (Phi) is 4.42. The minimum atomic E-state index is -0.957. The van der Waals surface area contributed by atoms with Crippen LogP contribution in [0.25, 0.3) is 0 Å². The zero-order chi connectivity index (χ0) is 14.7. The second kappa shape index (κ2) is 6.07. The normalized spacial score (nSPS) is 29.2. The summed E-state index contributed by atoms with van der Waals surface area (Å²) < 4.78 is 4.71. The summed E-state index contributed by atoms with van der Waals surface area (Å²) in [5, 5.41) is 9.23. The van der Waals surface area contributed by atoms with E-state index >= 15 is 0 Å². The molecule has 1 unspecified atom stereocenters. The molecule has 3 atom stereocenters. The SMILES string of the molecule is COC(=O)C1CCCN1C(=O)[C@@H]1CC=CC[C@@H]1C(=O)O. The van der Waals surface area contributed by atoms with Crippen molar-refractivity contribution in [2.75, 3.05) is 13.7 Å². The van der Waals surface area contributed by atoms with Gasteiger partial charge in [-0.3, -0.25) is 9.59 Å². The third kappa shape index (κ3) is 2.69. The fourth-order valence-electron chi connectivity index (χ4n) is 2.98. The van der Waals surface area contributed by atoms with Crippen LogP contribution in [0, 0.1) is 11.8 Å². The first-order chi connectivity index (χ1) is 9.56. The number of ether oxygens (including phenoxy) is 1. The van der Waals surface area contributed by atoms with Crippen LogP contribution in [0.4, 0.5) is 0 Å². The maximum absolute atomic E-state index is 12.6. The smallest absolute Gasteiger partial charge is 0.328 e. The molecular weight excluding hydrogens is 262 g/mol. The summed E-state index contributed by atoms with van der Waals surface area (Å²) in [7, 11) is 1.30. The predicted octanol–water partition coefficient (Wildman–Crippen LogP) is 0.817. The van der Waals surface area contributed by atoms with Crippen LogP contribution in [0.15, 0.2) is 12.2 Å². The van der Waals surface area contributed by atoms with E-state index in [1.54, 1.807) is 6.08 Å². The van der Waals surface area contributed by atoms with Gasteiger partial charge in [0.05, 0.1) is 18.9 Å². The molecule has 0 aromatic heterocycles. The molecule has 1 saturated heterocycles. The summed E-state index contributed by atoms with van der Waals surface area (Å²) in [6, 6.07) is -0.562. The zero-order valence-electron chi connectivity index (χ0n) is 11.4. The van der Waals surface area contributed by atoms with Crippen LogP contribution in [-0.2, 0) is 19.1 Å². The molecule has 1 aliphatic heterocycles. The molecule has 0 saturated carbocycles. The molecule has 2 rings (SSSR count). The fraction of sp³-hybridized carbons (Fsp3) is 0.643. The maximum atomic E-state index is 12.6. The van der Waals surface area contributed by atoms with Gasteiger partial charge in [-0.15, -0.1) is 0 Å². The molecule has 6 nitrogen and oxygen atoms in total. The number of allylic oxidation sites excluding steroid dienone is 2. The lowest BCUT2D eigenvalue weighted by Crippen LogP contribution is -2.47. The van der Waals surface area contributed by atoms with Gasteiger partial charge < -0.3 is 14.7 Å². The van der Waals surface area contributed by atoms with Crippen molar-refractivity contribution in [3.8, 4) is 0 Å². The zero-order valence-corrected chi connectivity index (χ0v) is 11.4. The summed E-state index contributed by atoms with van der Waals surface area (Å²) in [6.45, 7) is 0.491. The van der Waals surface area contributed by atoms with Crippen molar-refractivity contribution in [2.45, 2.75) is 31.7 Å². The first-order valence-corrected chi connectivity index (χ1v) is 6.82. The topological polar surface area (TPSA) is 83.9 Å². The number of carbonyl (C=O) groups excluding carboxylic acids is 2. The van der Waals surface area contributed by atoms with E-state index in [0.717, 1.165) is 6.42 Å². The van der Waals surface area contributed by atoms with Gasteiger partial charge in [-0.2, -0.15) is 0 Å². The summed E-state index contributed by atoms with van der Waals surface area (Å²) in [6.07, 6.45) is 5.74. The highest BCUT2D eigenvalue weighted by Gasteiger charge is 2.42. The molecule has 0 spiro atoms. The number of methoxy groups -OCH3 is 1. The van der Waals surface area contributed by atoms with Gasteiger partial charge in [0, 0.05) is 6.54 Å². The van der Waals surface area contributed by atoms with Crippen molar-refractivity contribution in [1.29, 1.82) is 0 Å². The Bertz CT molecular complexity index is 445. The van der Waals surface area contributed by atoms with Gasteiger partial charge >= 0.3 is 11.9 Å². The number of carboxylic acids is 1. The second-order valence-corrected chi connectivity index (χ2v) is 5.21. The third-order valence-electron chi connectivity index (χ3n) is 4.08. The molecule has 1 N–H and O–H groups in total. The molecule has 0 radical (unpaired) electrons. The molecule has 2 aliphatic rings. The largest absolute Gasteiger partial charge is 0.481 e. The number of aliphatic carboxylic acids is 1. The third-order valence-corrected chi connectivity index (χ3v) is 4.08. The molecule has 0 aromatic rings. The number of likely N-dealkylation sites (tertiary alicyclic amines) is 1. The van der Waals surface area contributed by atoms with Gasteiger partial charge in [0.15, 0.2) is 0 Å². The highest BCUT2D eigenvalue weighted by atomic mass is 16.5. The molecule has 1 fully saturated rings. The van der Waals surface area contributed by atoms with Crippen LogP contribution in [0.2, 0.25) is 0 Å². The Morgan fingerprint density at radius 3 is 2.45 bits per heavy atom. The quantitative estimate of drug-likeness (QED) is 0.611. The lowest BCUT2D eigenvalue weighted by molar-refractivity contribution is -0.156. The first-order valence-electron chi connectivity index (χ1n) is 6.82. The molecule has 0 bridgehead atoms. The first kappa shape index (κ1) is 14.6. The summed E-state index contributed by atoms with van der Waals surface area (Å²) in [5.74, 6) is -2.90. The monoisotopic (exact) mass is 281 g/mol. The van der Waals surface area contributed by atoms with Gasteiger partial charge in [-0.05, 0) is 25.7 Å². The molecule has 6 heteroatoms. The molecule has 110 valence electrons. The Morgan fingerprint density at radius 2 is 1.85 bits per heavy atom. The minimum Gasteiger partial charge on any atom is -0.481 e. The lowest BCUT2D eigenvalue weighted by atomic mass is 9.82. The fourth-order valence-corrected chi connectivity index (χ4v) is 2.98. The highest BCUT2D eigenvalue weighted by molar-refractivity contribution is 5.89. The average molecular weight is 281 g/mol. The summed E-state index contributed by atoms with van der Waals surface area (Å²) >= 11 is 0. The summed E-state index contributed by atoms with van der Waals surface area (Å²) in [5.41, 5.74) is 0. The average Bonchev–Trinajstić information content (AvgIpc) is 2.95. The van der Waals surface area contributed by atoms with Crippen molar-refractivity contribution in [1.82, 2.24) is 4.90 Å². The lowest BCUT2D eigenvalue weighted by Gasteiger charge is -2.31. The van der Waals surface area contributed by atoms with Gasteiger partial charge in [0.25, 0.3) is 0 Å². The molecule has 20 heavy (non-hydrogen) atoms. The van der Waals surface area contributed by atoms with E-state index in [1.807, 2.05) is 6.08 Å². The number of nitrogens with zero attached hydrogens (tertiary/aromatic N) is 1. The van der Waals surface area contributed by atoms with E-state index in [0.29, 0.717) is 25.8 Å². The van der Waals surface area contributed by atoms with E-state index in [2.05, 4.69) is 0 Å². The number of esters is 1. The predicted molar refractivity (Wildman–Crippen MR) is 69.7 cm³/mol. The molecular formula is C14H19NO5. The van der Waals surface area contributed by atoms with Crippen LogP contribution >= 0.6 is 0 Å². The number of carboxylic acid groups (broad SMARTS) is 1. The van der Waals surface area contributed by atoms with E-state index in [1.165, 1.54) is 12.0 Å². The van der Waals surface area contributed by atoms with E-state index in [9.17, 15) is 19.5 Å². The van der Waals surface area contributed by atoms with Crippen LogP contribution in [0.3, 0.4) is 0 Å². The maximum Gasteiger partial charge on any atom is 0.328 e. The molecule has 1 amide bonds. The minimum absolute atomic E-state index is 0.241. The number of rotatable bonds is 3. The number of carbonyl (C=O) groups is 3. The van der Waals surface area contributed by atoms with Crippen molar-refractivity contribution in [2.24, 2.45) is 11.8 Å². The van der Waals surface area contributed by atoms with Crippen LogP contribution in [-0.4, -0.2) is 47.5 Å². The number of hydrogen-bond acceptors (Lipinski definition) is 4. The van der Waals surface area contributed by atoms with E-state index in [-0.39, 0.29) is 5.91 Å². The van der Waals surface area contributed by atoms with E-state index < -0.39 is 29.8 Å². The van der Waals surface area contributed by atoms with Crippen molar-refractivity contribution < 1.29 is 24.2 Å². The Hall–Kier alpha value is -1.85. The number of amides is 1. The van der Waals surface area contributed by atoms with Gasteiger partial charge in [0.2, 0.25) is 5.91 Å². The number of hydrogen-bond donors (Lipinski definition) is 1. The van der Waals surface area contributed by atoms with E-state index in [4.69, 9.17) is 4.74 Å². The highest BCUT2D eigenvalue weighted by Crippen LogP contribution is 2.30. The van der Waals surface area contributed by atoms with Crippen LogP contribution < -0.4 is 0 Å². The van der Waals surface area contributed by atoms with Gasteiger partial charge in [0.1, 0.15) is 6.04 Å². The van der Waals surface area contributed by atoms with Crippen molar-refractivity contribution in [3.05, 3.63) is 12.2 Å². The van der Waals surface area contributed by atoms with Crippen LogP contribution in [0.1, 0.15) is 25.7 Å². The summed E-state index contributed by atoms with van der Waals surface area (Å²) in [4.78, 5) is 37.0. The Balaban J connectivity index is 2.15. The second-order valence-electron chi connectivity index (χ2n) is 5.21. The molecule has 1 heterocycles.